The van der Waals surface area contributed by atoms with Gasteiger partial charge >= 0.3 is 0 Å². The van der Waals surface area contributed by atoms with E-state index in [2.05, 4.69) is 26.2 Å². The molecule has 3 rings (SSSR count). The van der Waals surface area contributed by atoms with Crippen LogP contribution in [-0.2, 0) is 13.6 Å². The maximum atomic E-state index is 13.0. The van der Waals surface area contributed by atoms with Crippen molar-refractivity contribution in [1.29, 1.82) is 0 Å². The van der Waals surface area contributed by atoms with E-state index in [1.165, 1.54) is 0 Å². The van der Waals surface area contributed by atoms with E-state index in [1.54, 1.807) is 6.20 Å². The minimum Gasteiger partial charge on any atom is -0.343 e. The Morgan fingerprint density at radius 3 is 2.96 bits per heavy atom. The number of halogens is 2. The van der Waals surface area contributed by atoms with Gasteiger partial charge in [0, 0.05) is 56.3 Å². The fourth-order valence-electron chi connectivity index (χ4n) is 2.94. The number of aryl methyl sites for hydroxylation is 2. The summed E-state index contributed by atoms with van der Waals surface area (Å²) in [5, 5.41) is 3.36. The monoisotopic (exact) mass is 401 g/mol. The van der Waals surface area contributed by atoms with Crippen LogP contribution in [0.3, 0.4) is 0 Å². The SMILES string of the molecule is CCn1cc(Br)cc1C(=O)N1CCNCC1c1nccn1C.Cl. The molecule has 0 spiro atoms. The fourth-order valence-corrected chi connectivity index (χ4v) is 3.40. The molecule has 1 N–H and O–H groups in total. The highest BCUT2D eigenvalue weighted by Crippen LogP contribution is 2.24. The summed E-state index contributed by atoms with van der Waals surface area (Å²) >= 11 is 3.46. The van der Waals surface area contributed by atoms with E-state index in [9.17, 15) is 4.79 Å². The molecule has 1 aliphatic rings. The predicted molar refractivity (Wildman–Crippen MR) is 94.9 cm³/mol. The number of carbonyl (C=O) groups is 1. The molecule has 2 aromatic rings. The van der Waals surface area contributed by atoms with Crippen LogP contribution in [0.15, 0.2) is 29.1 Å². The largest absolute Gasteiger partial charge is 0.343 e. The Labute approximate surface area is 150 Å². The topological polar surface area (TPSA) is 55.1 Å². The minimum atomic E-state index is -0.0415. The van der Waals surface area contributed by atoms with Crippen molar-refractivity contribution in [3.05, 3.63) is 40.6 Å². The molecular formula is C15H21BrClN5O. The average molecular weight is 403 g/mol. The number of nitrogens with zero attached hydrogens (tertiary/aromatic N) is 4. The molecule has 1 amide bonds. The van der Waals surface area contributed by atoms with Crippen molar-refractivity contribution in [3.63, 3.8) is 0 Å². The lowest BCUT2D eigenvalue weighted by atomic mass is 10.1. The first kappa shape index (κ1) is 18.0. The molecule has 8 heteroatoms. The lowest BCUT2D eigenvalue weighted by molar-refractivity contribution is 0.0610. The molecule has 0 radical (unpaired) electrons. The molecule has 6 nitrogen and oxygen atoms in total. The van der Waals surface area contributed by atoms with Gasteiger partial charge in [-0.05, 0) is 28.9 Å². The van der Waals surface area contributed by atoms with Crippen LogP contribution in [0.5, 0.6) is 0 Å². The first-order valence-corrected chi connectivity index (χ1v) is 8.25. The van der Waals surface area contributed by atoms with Gasteiger partial charge in [0.1, 0.15) is 17.6 Å². The van der Waals surface area contributed by atoms with E-state index in [-0.39, 0.29) is 24.4 Å². The number of aromatic nitrogens is 3. The van der Waals surface area contributed by atoms with Crippen LogP contribution >= 0.6 is 28.3 Å². The number of hydrogen-bond acceptors (Lipinski definition) is 3. The minimum absolute atomic E-state index is 0. The second-order valence-corrected chi connectivity index (χ2v) is 6.36. The molecule has 0 bridgehead atoms. The Morgan fingerprint density at radius 2 is 2.30 bits per heavy atom. The third kappa shape index (κ3) is 3.46. The van der Waals surface area contributed by atoms with Gasteiger partial charge < -0.3 is 19.4 Å². The van der Waals surface area contributed by atoms with Gasteiger partial charge in [-0.3, -0.25) is 4.79 Å². The van der Waals surface area contributed by atoms with Gasteiger partial charge in [-0.1, -0.05) is 0 Å². The van der Waals surface area contributed by atoms with Crippen LogP contribution in [0.2, 0.25) is 0 Å². The number of nitrogens with one attached hydrogen (secondary N) is 1. The van der Waals surface area contributed by atoms with Gasteiger partial charge in [0.25, 0.3) is 5.91 Å². The van der Waals surface area contributed by atoms with Crippen molar-refractivity contribution in [3.8, 4) is 0 Å². The Balaban J connectivity index is 0.00000192. The van der Waals surface area contributed by atoms with E-state index in [0.29, 0.717) is 6.54 Å². The zero-order chi connectivity index (χ0) is 15.7. The molecule has 1 saturated heterocycles. The van der Waals surface area contributed by atoms with Crippen LogP contribution in [0.4, 0.5) is 0 Å². The smallest absolute Gasteiger partial charge is 0.271 e. The molecule has 3 heterocycles. The van der Waals surface area contributed by atoms with E-state index in [1.807, 2.05) is 46.5 Å². The van der Waals surface area contributed by atoms with E-state index < -0.39 is 0 Å². The summed E-state index contributed by atoms with van der Waals surface area (Å²) in [4.78, 5) is 19.4. The van der Waals surface area contributed by atoms with Gasteiger partial charge in [-0.25, -0.2) is 4.98 Å². The predicted octanol–water partition coefficient (Wildman–Crippen LogP) is 2.21. The Bertz CT molecular complexity index is 683. The van der Waals surface area contributed by atoms with Crippen molar-refractivity contribution in [2.24, 2.45) is 7.05 Å². The molecule has 2 aromatic heterocycles. The number of imidazole rings is 1. The zero-order valence-electron chi connectivity index (χ0n) is 13.2. The van der Waals surface area contributed by atoms with Crippen LogP contribution in [0, 0.1) is 0 Å². The zero-order valence-corrected chi connectivity index (χ0v) is 15.6. The number of hydrogen-bond donors (Lipinski definition) is 1. The number of amides is 1. The Morgan fingerprint density at radius 1 is 1.52 bits per heavy atom. The van der Waals surface area contributed by atoms with Crippen LogP contribution in [0.1, 0.15) is 29.3 Å². The maximum absolute atomic E-state index is 13.0. The molecule has 0 aliphatic carbocycles. The average Bonchev–Trinajstić information content (AvgIpc) is 3.12. The maximum Gasteiger partial charge on any atom is 0.271 e. The molecule has 0 aromatic carbocycles. The van der Waals surface area contributed by atoms with Crippen molar-refractivity contribution in [2.45, 2.75) is 19.5 Å². The van der Waals surface area contributed by atoms with Crippen molar-refractivity contribution < 1.29 is 4.79 Å². The van der Waals surface area contributed by atoms with Crippen LogP contribution in [-0.4, -0.2) is 44.6 Å². The molecule has 1 unspecified atom stereocenters. The molecule has 1 aliphatic heterocycles. The standard InChI is InChI=1S/C15H20BrN5O.ClH/c1-3-20-10-11(16)8-12(20)15(22)21-7-4-17-9-13(21)14-18-5-6-19(14)2;/h5-6,8,10,13,17H,3-4,7,9H2,1-2H3;1H. The summed E-state index contributed by atoms with van der Waals surface area (Å²) in [6.45, 7) is 5.02. The normalized spacial score (nSPS) is 17.9. The highest BCUT2D eigenvalue weighted by molar-refractivity contribution is 9.10. The molecule has 0 saturated carbocycles. The summed E-state index contributed by atoms with van der Waals surface area (Å²) in [5.74, 6) is 0.969. The first-order valence-electron chi connectivity index (χ1n) is 7.46. The van der Waals surface area contributed by atoms with Gasteiger partial charge in [-0.15, -0.1) is 12.4 Å². The second-order valence-electron chi connectivity index (χ2n) is 5.44. The van der Waals surface area contributed by atoms with E-state index >= 15 is 0 Å². The summed E-state index contributed by atoms with van der Waals surface area (Å²) in [6, 6.07) is 1.85. The van der Waals surface area contributed by atoms with Gasteiger partial charge in [0.2, 0.25) is 0 Å². The molecule has 23 heavy (non-hydrogen) atoms. The van der Waals surface area contributed by atoms with Gasteiger partial charge in [-0.2, -0.15) is 0 Å². The molecule has 126 valence electrons. The first-order chi connectivity index (χ1) is 10.6. The molecule has 1 atom stereocenters. The quantitative estimate of drug-likeness (QED) is 0.856. The lowest BCUT2D eigenvalue weighted by Gasteiger charge is -2.35. The molecular weight excluding hydrogens is 382 g/mol. The number of rotatable bonds is 3. The van der Waals surface area contributed by atoms with Gasteiger partial charge in [0.05, 0.1) is 0 Å². The van der Waals surface area contributed by atoms with E-state index in [4.69, 9.17) is 0 Å². The van der Waals surface area contributed by atoms with Crippen molar-refractivity contribution in [2.75, 3.05) is 19.6 Å². The van der Waals surface area contributed by atoms with Crippen LogP contribution < -0.4 is 5.32 Å². The summed E-state index contributed by atoms with van der Waals surface area (Å²) in [5.41, 5.74) is 0.718. The highest BCUT2D eigenvalue weighted by Gasteiger charge is 2.32. The fraction of sp³-hybridized carbons (Fsp3) is 0.467. The summed E-state index contributed by atoms with van der Waals surface area (Å²) < 4.78 is 4.89. The summed E-state index contributed by atoms with van der Waals surface area (Å²) in [6.07, 6.45) is 5.64. The second kappa shape index (κ2) is 7.51. The van der Waals surface area contributed by atoms with Crippen molar-refractivity contribution >= 4 is 34.2 Å². The summed E-state index contributed by atoms with van der Waals surface area (Å²) in [7, 11) is 1.96. The third-order valence-electron chi connectivity index (χ3n) is 4.08. The van der Waals surface area contributed by atoms with Crippen LogP contribution in [0.25, 0.3) is 0 Å². The lowest BCUT2D eigenvalue weighted by Crippen LogP contribution is -2.49. The highest BCUT2D eigenvalue weighted by atomic mass is 79.9. The Hall–Kier alpha value is -1.31. The van der Waals surface area contributed by atoms with E-state index in [0.717, 1.165) is 35.6 Å². The number of carbonyl (C=O) groups excluding carboxylic acids is 1. The number of piperazine rings is 1. The van der Waals surface area contributed by atoms with Crippen molar-refractivity contribution in [1.82, 2.24) is 24.3 Å². The Kier molecular flexibility index (Phi) is 5.89. The molecule has 1 fully saturated rings. The van der Waals surface area contributed by atoms with Gasteiger partial charge in [0.15, 0.2) is 0 Å². The third-order valence-corrected chi connectivity index (χ3v) is 4.52.